The number of nitrogens with zero attached hydrogens (tertiary/aromatic N) is 1. The van der Waals surface area contributed by atoms with Crippen LogP contribution in [0.2, 0.25) is 0 Å². The van der Waals surface area contributed by atoms with Crippen molar-refractivity contribution in [1.29, 1.82) is 0 Å². The maximum Gasteiger partial charge on any atom is 0.416 e. The van der Waals surface area contributed by atoms with Crippen molar-refractivity contribution in [2.75, 3.05) is 28.7 Å². The van der Waals surface area contributed by atoms with Crippen LogP contribution in [0.5, 0.6) is 0 Å². The second kappa shape index (κ2) is 7.41. The lowest BCUT2D eigenvalue weighted by molar-refractivity contribution is -0.137. The van der Waals surface area contributed by atoms with Gasteiger partial charge in [0.25, 0.3) is 0 Å². The van der Waals surface area contributed by atoms with Crippen molar-refractivity contribution < 1.29 is 18.0 Å². The highest BCUT2D eigenvalue weighted by Gasteiger charge is 2.35. The van der Waals surface area contributed by atoms with Crippen molar-refractivity contribution in [3.63, 3.8) is 0 Å². The van der Waals surface area contributed by atoms with Crippen LogP contribution in [0.4, 0.5) is 18.9 Å². The molecular weight excluding hydrogens is 375 g/mol. The Labute approximate surface area is 152 Å². The zero-order valence-corrected chi connectivity index (χ0v) is 15.6. The van der Waals surface area contributed by atoms with E-state index in [1.807, 2.05) is 6.92 Å². The van der Waals surface area contributed by atoms with E-state index in [0.29, 0.717) is 12.2 Å². The Kier molecular flexibility index (Phi) is 5.66. The minimum absolute atomic E-state index is 0.0533. The number of hydrogen-bond acceptors (Lipinski definition) is 4. The van der Waals surface area contributed by atoms with Crippen molar-refractivity contribution in [2.45, 2.75) is 34.9 Å². The molecule has 2 aliphatic rings. The molecule has 1 aromatic rings. The standard InChI is InChI=1S/C16H18F3NOS3/c1-10-4-5-20(15(21)14-9-22-6-7-23-14)12-8-11(16(17,18)19)2-3-13(12)24-10/h2-3,8,10,14H,4-7,9H2,1H3. The number of hydrogen-bond donors (Lipinski definition) is 0. The van der Waals surface area contributed by atoms with Crippen LogP contribution in [0.25, 0.3) is 0 Å². The molecule has 132 valence electrons. The number of carbonyl (C=O) groups is 1. The lowest BCUT2D eigenvalue weighted by atomic mass is 10.1. The fourth-order valence-corrected chi connectivity index (χ4v) is 6.45. The van der Waals surface area contributed by atoms with E-state index in [4.69, 9.17) is 0 Å². The van der Waals surface area contributed by atoms with Gasteiger partial charge in [0, 0.05) is 33.9 Å². The topological polar surface area (TPSA) is 20.3 Å². The summed E-state index contributed by atoms with van der Waals surface area (Å²) in [6.07, 6.45) is -3.63. The second-order valence-electron chi connectivity index (χ2n) is 5.82. The van der Waals surface area contributed by atoms with Crippen LogP contribution in [0, 0.1) is 0 Å². The van der Waals surface area contributed by atoms with Gasteiger partial charge in [-0.3, -0.25) is 4.79 Å². The van der Waals surface area contributed by atoms with Gasteiger partial charge in [0.15, 0.2) is 0 Å². The van der Waals surface area contributed by atoms with Gasteiger partial charge in [-0.25, -0.2) is 0 Å². The molecule has 0 radical (unpaired) electrons. The van der Waals surface area contributed by atoms with Gasteiger partial charge < -0.3 is 4.90 Å². The average Bonchev–Trinajstić information content (AvgIpc) is 2.72. The highest BCUT2D eigenvalue weighted by Crippen LogP contribution is 2.42. The molecule has 1 saturated heterocycles. The Morgan fingerprint density at radius 1 is 1.29 bits per heavy atom. The summed E-state index contributed by atoms with van der Waals surface area (Å²) in [4.78, 5) is 15.3. The van der Waals surface area contributed by atoms with Crippen LogP contribution in [0.15, 0.2) is 23.1 Å². The summed E-state index contributed by atoms with van der Waals surface area (Å²) in [5.41, 5.74) is -0.278. The van der Waals surface area contributed by atoms with Crippen LogP contribution in [-0.4, -0.2) is 40.2 Å². The lowest BCUT2D eigenvalue weighted by Gasteiger charge is -2.29. The number of amides is 1. The summed E-state index contributed by atoms with van der Waals surface area (Å²) in [5, 5.41) is 0.108. The summed E-state index contributed by atoms with van der Waals surface area (Å²) in [6, 6.07) is 3.75. The Bertz CT molecular complexity index is 617. The highest BCUT2D eigenvalue weighted by molar-refractivity contribution is 8.07. The van der Waals surface area contributed by atoms with E-state index in [0.717, 1.165) is 40.7 Å². The van der Waals surface area contributed by atoms with Gasteiger partial charge in [-0.1, -0.05) is 6.92 Å². The van der Waals surface area contributed by atoms with Gasteiger partial charge in [0.05, 0.1) is 16.5 Å². The maximum absolute atomic E-state index is 13.1. The first-order chi connectivity index (χ1) is 11.4. The first-order valence-corrected chi connectivity index (χ1v) is 10.8. The largest absolute Gasteiger partial charge is 0.416 e. The van der Waals surface area contributed by atoms with Gasteiger partial charge in [0.2, 0.25) is 5.91 Å². The van der Waals surface area contributed by atoms with E-state index in [-0.39, 0.29) is 16.4 Å². The molecule has 0 bridgehead atoms. The van der Waals surface area contributed by atoms with E-state index < -0.39 is 11.7 Å². The number of benzene rings is 1. The molecule has 0 spiro atoms. The van der Waals surface area contributed by atoms with E-state index in [1.165, 1.54) is 6.07 Å². The summed E-state index contributed by atoms with van der Waals surface area (Å²) >= 11 is 4.90. The highest BCUT2D eigenvalue weighted by atomic mass is 32.2. The lowest BCUT2D eigenvalue weighted by Crippen LogP contribution is -2.41. The molecule has 24 heavy (non-hydrogen) atoms. The molecule has 0 N–H and O–H groups in total. The van der Waals surface area contributed by atoms with E-state index in [2.05, 4.69) is 0 Å². The van der Waals surface area contributed by atoms with Crippen LogP contribution < -0.4 is 4.90 Å². The summed E-state index contributed by atoms with van der Waals surface area (Å²) in [6.45, 7) is 2.52. The van der Waals surface area contributed by atoms with E-state index in [9.17, 15) is 18.0 Å². The molecule has 8 heteroatoms. The predicted molar refractivity (Wildman–Crippen MR) is 97.3 cm³/mol. The van der Waals surface area contributed by atoms with E-state index in [1.54, 1.807) is 40.2 Å². The number of thioether (sulfide) groups is 3. The van der Waals surface area contributed by atoms with Crippen molar-refractivity contribution in [1.82, 2.24) is 0 Å². The zero-order valence-electron chi connectivity index (χ0n) is 13.1. The third-order valence-corrected chi connectivity index (χ3v) is 8.00. The molecule has 1 fully saturated rings. The van der Waals surface area contributed by atoms with Crippen LogP contribution in [-0.2, 0) is 11.0 Å². The van der Waals surface area contributed by atoms with Gasteiger partial charge in [-0.05, 0) is 24.6 Å². The van der Waals surface area contributed by atoms with Gasteiger partial charge in [-0.2, -0.15) is 24.9 Å². The van der Waals surface area contributed by atoms with Crippen LogP contribution in [0.3, 0.4) is 0 Å². The van der Waals surface area contributed by atoms with Crippen molar-refractivity contribution in [2.24, 2.45) is 0 Å². The first kappa shape index (κ1) is 18.3. The van der Waals surface area contributed by atoms with Gasteiger partial charge >= 0.3 is 6.18 Å². The number of halogens is 3. The smallest absolute Gasteiger partial charge is 0.310 e. The second-order valence-corrected chi connectivity index (χ2v) is 9.76. The maximum atomic E-state index is 13.1. The van der Waals surface area contributed by atoms with E-state index >= 15 is 0 Å². The molecule has 2 heterocycles. The van der Waals surface area contributed by atoms with Gasteiger partial charge in [-0.15, -0.1) is 23.5 Å². The minimum Gasteiger partial charge on any atom is -0.310 e. The Balaban J connectivity index is 1.96. The summed E-state index contributed by atoms with van der Waals surface area (Å²) in [5.74, 6) is 2.62. The fraction of sp³-hybridized carbons (Fsp3) is 0.562. The quantitative estimate of drug-likeness (QED) is 0.684. The molecular formula is C16H18F3NOS3. The number of carbonyl (C=O) groups excluding carboxylic acids is 1. The number of anilines is 1. The fourth-order valence-electron chi connectivity index (χ4n) is 2.74. The number of fused-ring (bicyclic) bond motifs is 1. The molecule has 1 aromatic carbocycles. The summed E-state index contributed by atoms with van der Waals surface area (Å²) < 4.78 is 39.3. The van der Waals surface area contributed by atoms with Crippen LogP contribution >= 0.6 is 35.3 Å². The molecule has 0 aromatic heterocycles. The van der Waals surface area contributed by atoms with Crippen LogP contribution in [0.1, 0.15) is 18.9 Å². The minimum atomic E-state index is -4.40. The van der Waals surface area contributed by atoms with Crippen molar-refractivity contribution >= 4 is 46.9 Å². The molecule has 0 saturated carbocycles. The average molecular weight is 394 g/mol. The Morgan fingerprint density at radius 2 is 2.08 bits per heavy atom. The SMILES string of the molecule is CC1CCN(C(=O)C2CSCCS2)c2cc(C(F)(F)F)ccc2S1. The predicted octanol–water partition coefficient (Wildman–Crippen LogP) is 4.77. The zero-order chi connectivity index (χ0) is 17.3. The Hall–Kier alpha value is -0.470. The first-order valence-electron chi connectivity index (χ1n) is 7.75. The van der Waals surface area contributed by atoms with Crippen molar-refractivity contribution in [3.05, 3.63) is 23.8 Å². The molecule has 2 unspecified atom stereocenters. The third kappa shape index (κ3) is 4.02. The summed E-state index contributed by atoms with van der Waals surface area (Å²) in [7, 11) is 0. The van der Waals surface area contributed by atoms with Crippen molar-refractivity contribution in [3.8, 4) is 0 Å². The Morgan fingerprint density at radius 3 is 2.75 bits per heavy atom. The molecule has 2 aliphatic heterocycles. The third-order valence-electron chi connectivity index (χ3n) is 4.02. The molecule has 1 amide bonds. The molecule has 2 atom stereocenters. The molecule has 3 rings (SSSR count). The monoisotopic (exact) mass is 393 g/mol. The molecule has 0 aliphatic carbocycles. The number of rotatable bonds is 1. The van der Waals surface area contributed by atoms with Gasteiger partial charge in [0.1, 0.15) is 0 Å². The number of alkyl halides is 3. The molecule has 2 nitrogen and oxygen atoms in total. The normalized spacial score (nSPS) is 25.1.